The third kappa shape index (κ3) is 2.61. The Balaban J connectivity index is 4.23. The second-order valence-electron chi connectivity index (χ2n) is 1.99. The minimum Gasteiger partial charge on any atom is -0.365 e. The van der Waals surface area contributed by atoms with E-state index in [4.69, 9.17) is 10.9 Å². The monoisotopic (exact) mass is 168 g/mol. The number of ether oxygens (including phenoxy) is 1. The van der Waals surface area contributed by atoms with Crippen LogP contribution in [0.5, 0.6) is 0 Å². The number of hydrogen-bond acceptors (Lipinski definition) is 4. The van der Waals surface area contributed by atoms with Gasteiger partial charge in [-0.1, -0.05) is 0 Å². The van der Waals surface area contributed by atoms with Gasteiger partial charge < -0.3 is 10.5 Å². The fraction of sp³-hybridized carbons (Fsp3) is 1.00. The average Bonchev–Trinajstić information content (AvgIpc) is 1.83. The van der Waals surface area contributed by atoms with E-state index in [2.05, 4.69) is 4.74 Å². The molecule has 0 aromatic carbocycles. The van der Waals surface area contributed by atoms with E-state index in [0.29, 0.717) is 0 Å². The summed E-state index contributed by atoms with van der Waals surface area (Å²) in [6.45, 7) is 1.39. The third-order valence-corrected chi connectivity index (χ3v) is 2.56. The normalized spacial score (nSPS) is 18.4. The van der Waals surface area contributed by atoms with E-state index < -0.39 is 21.5 Å². The predicted octanol–water partition coefficient (Wildman–Crippen LogP) is -1.41. The minimum absolute atomic E-state index is 0.852. The quantitative estimate of drug-likeness (QED) is 0.506. The van der Waals surface area contributed by atoms with Gasteiger partial charge in [-0.3, -0.25) is 0 Å². The van der Waals surface area contributed by atoms with Crippen LogP contribution in [0.3, 0.4) is 0 Å². The van der Waals surface area contributed by atoms with E-state index in [1.165, 1.54) is 14.0 Å². The molecular formula is C4H12N2O3S. The summed E-state index contributed by atoms with van der Waals surface area (Å²) in [5, 5.41) is 3.90. The molecule has 0 unspecified atom stereocenters. The lowest BCUT2D eigenvalue weighted by atomic mass is 10.4. The molecule has 6 heteroatoms. The van der Waals surface area contributed by atoms with Crippen molar-refractivity contribution < 1.29 is 13.2 Å². The summed E-state index contributed by atoms with van der Waals surface area (Å²) in [5.74, 6) is 0. The molecule has 5 nitrogen and oxygen atoms in total. The molecule has 0 spiro atoms. The molecule has 0 aliphatic carbocycles. The Morgan fingerprint density at radius 3 is 2.00 bits per heavy atom. The first-order valence-corrected chi connectivity index (χ1v) is 4.30. The van der Waals surface area contributed by atoms with Gasteiger partial charge in [0.2, 0.25) is 10.0 Å². The van der Waals surface area contributed by atoms with E-state index in [1.807, 2.05) is 0 Å². The molecule has 10 heavy (non-hydrogen) atoms. The van der Waals surface area contributed by atoms with Gasteiger partial charge in [0.1, 0.15) is 11.5 Å². The molecular weight excluding hydrogens is 156 g/mol. The van der Waals surface area contributed by atoms with E-state index in [0.717, 1.165) is 0 Å². The first-order valence-electron chi connectivity index (χ1n) is 2.69. The van der Waals surface area contributed by atoms with Gasteiger partial charge in [0.15, 0.2) is 0 Å². The Morgan fingerprint density at radius 1 is 1.50 bits per heavy atom. The zero-order valence-corrected chi connectivity index (χ0v) is 6.76. The van der Waals surface area contributed by atoms with Gasteiger partial charge in [0, 0.05) is 7.11 Å². The van der Waals surface area contributed by atoms with Gasteiger partial charge in [-0.2, -0.15) is 0 Å². The van der Waals surface area contributed by atoms with Crippen LogP contribution < -0.4 is 10.9 Å². The van der Waals surface area contributed by atoms with Crippen LogP contribution in [0.15, 0.2) is 0 Å². The van der Waals surface area contributed by atoms with E-state index in [9.17, 15) is 8.42 Å². The first kappa shape index (κ1) is 9.83. The SMILES string of the molecule is CO[C@H](N)[C@H](C)S(N)(=O)=O. The molecule has 0 radical (unpaired) electrons. The molecule has 0 saturated heterocycles. The van der Waals surface area contributed by atoms with Crippen molar-refractivity contribution in [3.63, 3.8) is 0 Å². The highest BCUT2D eigenvalue weighted by atomic mass is 32.2. The summed E-state index contributed by atoms with van der Waals surface area (Å²) < 4.78 is 25.7. The number of primary sulfonamides is 1. The topological polar surface area (TPSA) is 95.4 Å². The second-order valence-corrected chi connectivity index (χ2v) is 3.92. The van der Waals surface area contributed by atoms with E-state index >= 15 is 0 Å². The Morgan fingerprint density at radius 2 is 1.90 bits per heavy atom. The fourth-order valence-electron chi connectivity index (χ4n) is 0.379. The molecule has 0 aromatic rings. The summed E-state index contributed by atoms with van der Waals surface area (Å²) in [7, 11) is -2.24. The third-order valence-electron chi connectivity index (χ3n) is 1.25. The number of methoxy groups -OCH3 is 1. The van der Waals surface area contributed by atoms with Crippen LogP contribution in [0.4, 0.5) is 0 Å². The first-order chi connectivity index (χ1) is 4.39. The molecule has 0 aliphatic heterocycles. The van der Waals surface area contributed by atoms with Crippen molar-refractivity contribution in [2.75, 3.05) is 7.11 Å². The molecule has 0 fully saturated rings. The molecule has 0 bridgehead atoms. The Hall–Kier alpha value is -0.170. The molecule has 2 atom stereocenters. The van der Waals surface area contributed by atoms with Crippen molar-refractivity contribution in [3.05, 3.63) is 0 Å². The maximum Gasteiger partial charge on any atom is 0.215 e. The molecule has 0 rings (SSSR count). The van der Waals surface area contributed by atoms with Crippen LogP contribution >= 0.6 is 0 Å². The van der Waals surface area contributed by atoms with Crippen LogP contribution in [-0.2, 0) is 14.8 Å². The Kier molecular flexibility index (Phi) is 3.23. The zero-order valence-electron chi connectivity index (χ0n) is 5.94. The molecule has 0 amide bonds. The van der Waals surface area contributed by atoms with Crippen LogP contribution in [0.2, 0.25) is 0 Å². The average molecular weight is 168 g/mol. The Labute approximate surface area is 60.4 Å². The minimum atomic E-state index is -3.56. The summed E-state index contributed by atoms with van der Waals surface area (Å²) >= 11 is 0. The summed E-state index contributed by atoms with van der Waals surface area (Å²) in [6.07, 6.45) is -0.852. The van der Waals surface area contributed by atoms with Gasteiger partial charge in [0.25, 0.3) is 0 Å². The van der Waals surface area contributed by atoms with Gasteiger partial charge in [-0.05, 0) is 6.92 Å². The standard InChI is InChI=1S/C4H12N2O3S/c1-3(4(5)9-2)10(6,7)8/h3-4H,5H2,1-2H3,(H2,6,7,8)/t3-,4-/m0/s1. The van der Waals surface area contributed by atoms with Crippen molar-refractivity contribution in [3.8, 4) is 0 Å². The number of nitrogens with two attached hydrogens (primary N) is 2. The lowest BCUT2D eigenvalue weighted by molar-refractivity contribution is 0.107. The van der Waals surface area contributed by atoms with Gasteiger partial charge in [-0.25, -0.2) is 13.6 Å². The number of rotatable bonds is 3. The van der Waals surface area contributed by atoms with Crippen molar-refractivity contribution in [2.45, 2.75) is 18.4 Å². The highest BCUT2D eigenvalue weighted by Crippen LogP contribution is 1.98. The molecule has 0 heterocycles. The highest BCUT2D eigenvalue weighted by molar-refractivity contribution is 7.89. The zero-order chi connectivity index (χ0) is 8.36. The molecule has 4 N–H and O–H groups in total. The summed E-state index contributed by atoms with van der Waals surface area (Å²) in [6, 6.07) is 0. The van der Waals surface area contributed by atoms with Crippen molar-refractivity contribution >= 4 is 10.0 Å². The summed E-state index contributed by atoms with van der Waals surface area (Å²) in [5.41, 5.74) is 5.22. The maximum atomic E-state index is 10.5. The van der Waals surface area contributed by atoms with Gasteiger partial charge in [-0.15, -0.1) is 0 Å². The number of hydrogen-bond donors (Lipinski definition) is 2. The molecule has 62 valence electrons. The van der Waals surface area contributed by atoms with Crippen LogP contribution in [0.25, 0.3) is 0 Å². The van der Waals surface area contributed by atoms with E-state index in [-0.39, 0.29) is 0 Å². The van der Waals surface area contributed by atoms with Crippen LogP contribution in [0, 0.1) is 0 Å². The lowest BCUT2D eigenvalue weighted by Gasteiger charge is -2.15. The Bertz CT molecular complexity index is 189. The van der Waals surface area contributed by atoms with Crippen LogP contribution in [0.1, 0.15) is 6.92 Å². The number of sulfonamides is 1. The van der Waals surface area contributed by atoms with Crippen molar-refractivity contribution in [2.24, 2.45) is 10.9 Å². The van der Waals surface area contributed by atoms with Crippen molar-refractivity contribution in [1.29, 1.82) is 0 Å². The van der Waals surface area contributed by atoms with E-state index in [1.54, 1.807) is 0 Å². The van der Waals surface area contributed by atoms with Crippen molar-refractivity contribution in [1.82, 2.24) is 0 Å². The van der Waals surface area contributed by atoms with Gasteiger partial charge >= 0.3 is 0 Å². The molecule has 0 aliphatic rings. The van der Waals surface area contributed by atoms with Gasteiger partial charge in [0.05, 0.1) is 0 Å². The fourth-order valence-corrected chi connectivity index (χ4v) is 0.864. The molecule has 0 saturated carbocycles. The lowest BCUT2D eigenvalue weighted by Crippen LogP contribution is -2.42. The smallest absolute Gasteiger partial charge is 0.215 e. The second kappa shape index (κ2) is 3.29. The maximum absolute atomic E-state index is 10.5. The molecule has 0 aromatic heterocycles. The summed E-state index contributed by atoms with van der Waals surface area (Å²) in [4.78, 5) is 0. The highest BCUT2D eigenvalue weighted by Gasteiger charge is 2.22. The predicted molar refractivity (Wildman–Crippen MR) is 37.6 cm³/mol. The largest absolute Gasteiger partial charge is 0.365 e. The van der Waals surface area contributed by atoms with Crippen LogP contribution in [-0.4, -0.2) is 27.0 Å².